The van der Waals surface area contributed by atoms with E-state index in [4.69, 9.17) is 4.98 Å². The lowest BCUT2D eigenvalue weighted by molar-refractivity contribution is -0.121. The van der Waals surface area contributed by atoms with Crippen molar-refractivity contribution >= 4 is 28.7 Å². The van der Waals surface area contributed by atoms with Crippen molar-refractivity contribution in [1.29, 1.82) is 0 Å². The maximum atomic E-state index is 13.2. The fourth-order valence-electron chi connectivity index (χ4n) is 3.73. The molecule has 1 N–H and O–H groups in total. The molecule has 0 radical (unpaired) electrons. The molecule has 1 amide bonds. The Hall–Kier alpha value is -3.40. The number of thioether (sulfide) groups is 1. The van der Waals surface area contributed by atoms with Gasteiger partial charge in [-0.05, 0) is 18.6 Å². The maximum absolute atomic E-state index is 13.2. The van der Waals surface area contributed by atoms with E-state index in [1.807, 2.05) is 41.1 Å². The molecule has 1 aliphatic heterocycles. The lowest BCUT2D eigenvalue weighted by Gasteiger charge is -2.13. The number of aromatic nitrogens is 6. The number of carbonyl (C=O) groups excluding carboxylic acids is 1. The zero-order valence-corrected chi connectivity index (χ0v) is 17.5. The number of nitrogens with one attached hydrogen (secondary N) is 1. The third-order valence-corrected chi connectivity index (χ3v) is 6.36. The van der Waals surface area contributed by atoms with Gasteiger partial charge in [0, 0.05) is 37.7 Å². The third kappa shape index (κ3) is 3.86. The summed E-state index contributed by atoms with van der Waals surface area (Å²) in [5.74, 6) is 0.590. The van der Waals surface area contributed by atoms with E-state index in [1.165, 1.54) is 11.8 Å². The minimum Gasteiger partial charge on any atom is -0.356 e. The normalized spacial score (nSPS) is 15.3. The summed E-state index contributed by atoms with van der Waals surface area (Å²) in [5, 5.41) is 8.41. The minimum atomic E-state index is -0.210. The van der Waals surface area contributed by atoms with E-state index in [1.54, 1.807) is 28.0 Å². The fourth-order valence-corrected chi connectivity index (χ4v) is 4.86. The van der Waals surface area contributed by atoms with Crippen LogP contribution in [0.1, 0.15) is 18.9 Å². The summed E-state index contributed by atoms with van der Waals surface area (Å²) in [6, 6.07) is 9.40. The van der Waals surface area contributed by atoms with Crippen LogP contribution in [0.2, 0.25) is 0 Å². The number of para-hydroxylation sites is 1. The molecule has 0 saturated carbocycles. The Kier molecular flexibility index (Phi) is 5.29. The topological polar surface area (TPSA) is 99.6 Å². The number of imidazole rings is 1. The molecule has 0 fully saturated rings. The lowest BCUT2D eigenvalue weighted by Crippen LogP contribution is -2.31. The van der Waals surface area contributed by atoms with Crippen LogP contribution in [0.15, 0.2) is 65.2 Å². The van der Waals surface area contributed by atoms with Crippen molar-refractivity contribution in [2.45, 2.75) is 30.6 Å². The molecule has 1 aromatic carbocycles. The highest BCUT2D eigenvalue weighted by atomic mass is 32.2. The molecule has 3 aromatic heterocycles. The molecule has 0 spiro atoms. The molecule has 0 saturated heterocycles. The number of hydrogen-bond acceptors (Lipinski definition) is 6. The van der Waals surface area contributed by atoms with Crippen molar-refractivity contribution in [2.75, 3.05) is 12.3 Å². The number of carbonyl (C=O) groups is 1. The second kappa shape index (κ2) is 8.38. The second-order valence-electron chi connectivity index (χ2n) is 7.37. The van der Waals surface area contributed by atoms with Gasteiger partial charge in [0.25, 0.3) is 5.56 Å². The Morgan fingerprint density at radius 2 is 2.13 bits per heavy atom. The van der Waals surface area contributed by atoms with Crippen LogP contribution < -0.4 is 10.9 Å². The molecular formula is C21H21N7O2S. The monoisotopic (exact) mass is 435 g/mol. The molecule has 158 valence electrons. The predicted octanol–water partition coefficient (Wildman–Crippen LogP) is 2.02. The molecule has 31 heavy (non-hydrogen) atoms. The van der Waals surface area contributed by atoms with Crippen LogP contribution in [-0.2, 0) is 11.3 Å². The first-order chi connectivity index (χ1) is 15.2. The Morgan fingerprint density at radius 1 is 1.26 bits per heavy atom. The Morgan fingerprint density at radius 3 is 2.94 bits per heavy atom. The van der Waals surface area contributed by atoms with Crippen LogP contribution in [0.4, 0.5) is 0 Å². The molecule has 10 heteroatoms. The van der Waals surface area contributed by atoms with Crippen molar-refractivity contribution in [2.24, 2.45) is 0 Å². The summed E-state index contributed by atoms with van der Waals surface area (Å²) in [4.78, 5) is 34.3. The number of nitrogens with zero attached hydrogens (tertiary/aromatic N) is 6. The van der Waals surface area contributed by atoms with Crippen molar-refractivity contribution in [3.05, 3.63) is 65.6 Å². The Balaban J connectivity index is 1.30. The minimum absolute atomic E-state index is 0.0592. The molecular weight excluding hydrogens is 414 g/mol. The van der Waals surface area contributed by atoms with Gasteiger partial charge in [0.15, 0.2) is 10.8 Å². The molecule has 9 nitrogen and oxygen atoms in total. The maximum Gasteiger partial charge on any atom is 0.265 e. The zero-order valence-electron chi connectivity index (χ0n) is 16.7. The average Bonchev–Trinajstić information content (AvgIpc) is 3.53. The van der Waals surface area contributed by atoms with Gasteiger partial charge in [0.05, 0.1) is 24.3 Å². The number of rotatable bonds is 7. The number of amides is 1. The van der Waals surface area contributed by atoms with Crippen molar-refractivity contribution in [3.8, 4) is 5.69 Å². The summed E-state index contributed by atoms with van der Waals surface area (Å²) in [7, 11) is 0. The summed E-state index contributed by atoms with van der Waals surface area (Å²) < 4.78 is 5.30. The van der Waals surface area contributed by atoms with Gasteiger partial charge < -0.3 is 9.88 Å². The summed E-state index contributed by atoms with van der Waals surface area (Å²) in [6.45, 7) is 1.38. The van der Waals surface area contributed by atoms with Crippen LogP contribution >= 0.6 is 11.8 Å². The van der Waals surface area contributed by atoms with Gasteiger partial charge in [0.1, 0.15) is 5.39 Å². The van der Waals surface area contributed by atoms with E-state index >= 15 is 0 Å². The van der Waals surface area contributed by atoms with Crippen LogP contribution in [0.5, 0.6) is 0 Å². The highest BCUT2D eigenvalue weighted by Crippen LogP contribution is 2.33. The van der Waals surface area contributed by atoms with E-state index in [0.29, 0.717) is 28.5 Å². The van der Waals surface area contributed by atoms with Gasteiger partial charge in [0.2, 0.25) is 5.91 Å². The fraction of sp³-hybridized carbons (Fsp3) is 0.286. The standard InChI is InChI=1S/C21H21N7O2S/c29-18(23-7-4-9-26-10-8-22-14-26)11-16-13-31-21-25-19-17(20(30)27(16)21)12-24-28(19)15-5-2-1-3-6-15/h1-3,5-6,8,10,12,14,16H,4,7,9,11,13H2,(H,23,29). The van der Waals surface area contributed by atoms with Gasteiger partial charge in [-0.1, -0.05) is 30.0 Å². The highest BCUT2D eigenvalue weighted by Gasteiger charge is 2.29. The smallest absolute Gasteiger partial charge is 0.265 e. The molecule has 1 aliphatic rings. The van der Waals surface area contributed by atoms with E-state index < -0.39 is 0 Å². The van der Waals surface area contributed by atoms with Gasteiger partial charge in [-0.3, -0.25) is 14.2 Å². The van der Waals surface area contributed by atoms with Gasteiger partial charge in [-0.25, -0.2) is 14.6 Å². The first-order valence-electron chi connectivity index (χ1n) is 10.1. The number of fused-ring (bicyclic) bond motifs is 2. The van der Waals surface area contributed by atoms with Crippen molar-refractivity contribution < 1.29 is 4.79 Å². The SMILES string of the molecule is O=C(CC1CSc2nc3c(cnn3-c3ccccc3)c(=O)n21)NCCCn1ccnc1. The third-order valence-electron chi connectivity index (χ3n) is 5.27. The van der Waals surface area contributed by atoms with Crippen LogP contribution in [0.25, 0.3) is 16.7 Å². The first-order valence-corrected chi connectivity index (χ1v) is 11.1. The van der Waals surface area contributed by atoms with Crippen LogP contribution in [0, 0.1) is 0 Å². The van der Waals surface area contributed by atoms with Crippen molar-refractivity contribution in [1.82, 2.24) is 34.2 Å². The Bertz CT molecular complexity index is 1260. The lowest BCUT2D eigenvalue weighted by atomic mass is 10.2. The largest absolute Gasteiger partial charge is 0.356 e. The molecule has 0 aliphatic carbocycles. The van der Waals surface area contributed by atoms with E-state index in [-0.39, 0.29) is 23.9 Å². The molecule has 4 heterocycles. The van der Waals surface area contributed by atoms with Crippen molar-refractivity contribution in [3.63, 3.8) is 0 Å². The van der Waals surface area contributed by atoms with E-state index in [0.717, 1.165) is 18.7 Å². The average molecular weight is 436 g/mol. The number of aryl methyl sites for hydroxylation is 1. The highest BCUT2D eigenvalue weighted by molar-refractivity contribution is 7.99. The van der Waals surface area contributed by atoms with E-state index in [9.17, 15) is 9.59 Å². The Labute approximate surface area is 182 Å². The van der Waals surface area contributed by atoms with Gasteiger partial charge in [-0.2, -0.15) is 5.10 Å². The number of benzene rings is 1. The molecule has 1 unspecified atom stereocenters. The van der Waals surface area contributed by atoms with E-state index in [2.05, 4.69) is 15.4 Å². The predicted molar refractivity (Wildman–Crippen MR) is 117 cm³/mol. The number of hydrogen-bond donors (Lipinski definition) is 1. The molecule has 5 rings (SSSR count). The quantitative estimate of drug-likeness (QED) is 0.352. The molecule has 0 bridgehead atoms. The summed E-state index contributed by atoms with van der Waals surface area (Å²) in [6.07, 6.45) is 8.02. The first kappa shape index (κ1) is 19.6. The van der Waals surface area contributed by atoms with Crippen LogP contribution in [0.3, 0.4) is 0 Å². The van der Waals surface area contributed by atoms with Gasteiger partial charge in [-0.15, -0.1) is 0 Å². The molecule has 4 aromatic rings. The van der Waals surface area contributed by atoms with Crippen LogP contribution in [-0.4, -0.2) is 47.1 Å². The second-order valence-corrected chi connectivity index (χ2v) is 8.36. The zero-order chi connectivity index (χ0) is 21.2. The van der Waals surface area contributed by atoms with Gasteiger partial charge >= 0.3 is 0 Å². The summed E-state index contributed by atoms with van der Waals surface area (Å²) >= 11 is 1.50. The molecule has 1 atom stereocenters. The summed E-state index contributed by atoms with van der Waals surface area (Å²) in [5.41, 5.74) is 1.24.